The number of hydrogen-bond acceptors (Lipinski definition) is 3. The Balaban J connectivity index is 2.86. The fourth-order valence-electron chi connectivity index (χ4n) is 0.820. The minimum atomic E-state index is -3.09. The molecule has 0 aromatic heterocycles. The molecule has 72 valence electrons. The first-order valence-corrected chi connectivity index (χ1v) is 6.28. The average molecular weight is 218 g/mol. The Kier molecular flexibility index (Phi) is 3.45. The predicted molar refractivity (Wildman–Crippen MR) is 55.3 cm³/mol. The molecule has 1 atom stereocenters. The molecule has 0 spiro atoms. The van der Waals surface area contributed by atoms with E-state index in [2.05, 4.69) is 4.52 Å². The lowest BCUT2D eigenvalue weighted by Crippen LogP contribution is -1.94. The minimum absolute atomic E-state index is 0.565. The van der Waals surface area contributed by atoms with Crippen LogP contribution in [-0.4, -0.2) is 12.0 Å². The van der Waals surface area contributed by atoms with Crippen LogP contribution in [0.5, 0.6) is 5.75 Å². The van der Waals surface area contributed by atoms with Gasteiger partial charge < -0.3 is 13.9 Å². The first-order valence-electron chi connectivity index (χ1n) is 3.69. The topological polar surface area (TPSA) is 38.7 Å². The maximum Gasteiger partial charge on any atom is 0.377 e. The van der Waals surface area contributed by atoms with Crippen LogP contribution < -0.4 is 4.52 Å². The molecule has 0 saturated heterocycles. The Labute approximate surface area is 82.6 Å². The fourth-order valence-corrected chi connectivity index (χ4v) is 1.59. The highest BCUT2D eigenvalue weighted by atomic mass is 32.5. The van der Waals surface area contributed by atoms with Crippen molar-refractivity contribution in [3.05, 3.63) is 29.8 Å². The molecule has 5 heteroatoms. The van der Waals surface area contributed by atoms with Gasteiger partial charge in [-0.15, -0.1) is 0 Å². The molecule has 0 saturated carbocycles. The number of rotatable bonds is 3. The second-order valence-electron chi connectivity index (χ2n) is 2.51. The van der Waals surface area contributed by atoms with E-state index >= 15 is 0 Å². The third-order valence-corrected chi connectivity index (χ3v) is 3.10. The van der Waals surface area contributed by atoms with E-state index in [0.717, 1.165) is 5.56 Å². The molecular weight excluding hydrogens is 207 g/mol. The van der Waals surface area contributed by atoms with E-state index in [4.69, 9.17) is 16.3 Å². The van der Waals surface area contributed by atoms with E-state index in [1.807, 2.05) is 25.1 Å². The smallest absolute Gasteiger partial charge is 0.377 e. The molecule has 1 aromatic rings. The Bertz CT molecular complexity index is 340. The van der Waals surface area contributed by atoms with Crippen molar-refractivity contribution in [1.29, 1.82) is 0 Å². The summed E-state index contributed by atoms with van der Waals surface area (Å²) in [6, 6.07) is 7.31. The molecule has 0 aliphatic heterocycles. The average Bonchev–Trinajstić information content (AvgIpc) is 2.09. The highest BCUT2D eigenvalue weighted by molar-refractivity contribution is 8.07. The second kappa shape index (κ2) is 4.20. The third kappa shape index (κ3) is 3.08. The van der Waals surface area contributed by atoms with Crippen molar-refractivity contribution < 1.29 is 13.9 Å². The van der Waals surface area contributed by atoms with E-state index in [1.54, 1.807) is 6.07 Å². The van der Waals surface area contributed by atoms with Crippen molar-refractivity contribution in [3.63, 3.8) is 0 Å². The summed E-state index contributed by atoms with van der Waals surface area (Å²) in [7, 11) is 1.33. The van der Waals surface area contributed by atoms with Crippen LogP contribution in [0.2, 0.25) is 0 Å². The lowest BCUT2D eigenvalue weighted by atomic mass is 10.2. The molecule has 0 radical (unpaired) electrons. The van der Waals surface area contributed by atoms with Gasteiger partial charge in [0.05, 0.1) is 0 Å². The summed E-state index contributed by atoms with van der Waals surface area (Å²) in [5.74, 6) is 0.565. The van der Waals surface area contributed by atoms with E-state index in [0.29, 0.717) is 5.75 Å². The van der Waals surface area contributed by atoms with Crippen LogP contribution in [0.25, 0.3) is 0 Å². The molecule has 1 unspecified atom stereocenters. The van der Waals surface area contributed by atoms with Crippen LogP contribution in [0, 0.1) is 6.92 Å². The zero-order valence-electron chi connectivity index (χ0n) is 7.43. The molecule has 0 aliphatic rings. The van der Waals surface area contributed by atoms with Gasteiger partial charge in [0.1, 0.15) is 5.75 Å². The maximum atomic E-state index is 9.38. The maximum absolute atomic E-state index is 9.38. The number of hydrogen-bond donors (Lipinski definition) is 1. The molecule has 1 N–H and O–H groups in total. The van der Waals surface area contributed by atoms with Crippen LogP contribution in [0.3, 0.4) is 0 Å². The van der Waals surface area contributed by atoms with Gasteiger partial charge in [-0.2, -0.15) is 0 Å². The summed E-state index contributed by atoms with van der Waals surface area (Å²) >= 11 is 4.71. The largest absolute Gasteiger partial charge is 0.424 e. The van der Waals surface area contributed by atoms with Gasteiger partial charge in [-0.3, -0.25) is 0 Å². The summed E-state index contributed by atoms with van der Waals surface area (Å²) < 4.78 is 9.80. The first-order chi connectivity index (χ1) is 6.05. The summed E-state index contributed by atoms with van der Waals surface area (Å²) in [4.78, 5) is 9.38. The van der Waals surface area contributed by atoms with Crippen molar-refractivity contribution in [2.45, 2.75) is 6.92 Å². The van der Waals surface area contributed by atoms with Crippen LogP contribution >= 0.6 is 6.72 Å². The standard InChI is InChI=1S/C8H11O3PS/c1-7-5-3-4-6-8(7)11-12(9,13)10-2/h3-6H,1-2H3,(H,9,13). The van der Waals surface area contributed by atoms with Crippen LogP contribution in [0.15, 0.2) is 24.3 Å². The lowest BCUT2D eigenvalue weighted by Gasteiger charge is -2.15. The van der Waals surface area contributed by atoms with Gasteiger partial charge in [-0.25, -0.2) is 0 Å². The SMILES string of the molecule is COP(O)(=S)Oc1ccccc1C. The molecule has 3 nitrogen and oxygen atoms in total. The highest BCUT2D eigenvalue weighted by Crippen LogP contribution is 2.43. The van der Waals surface area contributed by atoms with Gasteiger partial charge in [-0.05, 0) is 18.6 Å². The van der Waals surface area contributed by atoms with Crippen LogP contribution in [-0.2, 0) is 16.3 Å². The number of aryl methyl sites for hydroxylation is 1. The second-order valence-corrected chi connectivity index (χ2v) is 5.38. The summed E-state index contributed by atoms with van der Waals surface area (Å²) in [6.07, 6.45) is 0. The molecule has 1 rings (SSSR count). The molecule has 0 amide bonds. The molecule has 13 heavy (non-hydrogen) atoms. The van der Waals surface area contributed by atoms with E-state index in [9.17, 15) is 4.89 Å². The molecule has 0 bridgehead atoms. The Morgan fingerprint density at radius 1 is 1.38 bits per heavy atom. The van der Waals surface area contributed by atoms with Crippen molar-refractivity contribution in [2.24, 2.45) is 0 Å². The van der Waals surface area contributed by atoms with Gasteiger partial charge in [0.2, 0.25) is 0 Å². The monoisotopic (exact) mass is 218 g/mol. The Hall–Kier alpha value is -0.410. The number of benzene rings is 1. The highest BCUT2D eigenvalue weighted by Gasteiger charge is 2.14. The molecule has 1 aromatic carbocycles. The van der Waals surface area contributed by atoms with Crippen LogP contribution in [0.1, 0.15) is 5.56 Å². The van der Waals surface area contributed by atoms with Gasteiger partial charge in [-0.1, -0.05) is 18.2 Å². The zero-order chi connectivity index (χ0) is 9.90. The zero-order valence-corrected chi connectivity index (χ0v) is 9.14. The summed E-state index contributed by atoms with van der Waals surface area (Å²) in [6.45, 7) is -1.21. The van der Waals surface area contributed by atoms with Gasteiger partial charge in [0, 0.05) is 18.9 Å². The van der Waals surface area contributed by atoms with Gasteiger partial charge in [0.15, 0.2) is 0 Å². The van der Waals surface area contributed by atoms with Gasteiger partial charge >= 0.3 is 6.72 Å². The summed E-state index contributed by atoms with van der Waals surface area (Å²) in [5, 5.41) is 0. The van der Waals surface area contributed by atoms with Crippen molar-refractivity contribution in [1.82, 2.24) is 0 Å². The molecule has 0 heterocycles. The fraction of sp³-hybridized carbons (Fsp3) is 0.250. The van der Waals surface area contributed by atoms with Crippen LogP contribution in [0.4, 0.5) is 0 Å². The van der Waals surface area contributed by atoms with Crippen molar-refractivity contribution >= 4 is 18.5 Å². The van der Waals surface area contributed by atoms with Crippen molar-refractivity contribution in [2.75, 3.05) is 7.11 Å². The minimum Gasteiger partial charge on any atom is -0.424 e. The quantitative estimate of drug-likeness (QED) is 0.789. The van der Waals surface area contributed by atoms with Crippen molar-refractivity contribution in [3.8, 4) is 5.75 Å². The van der Waals surface area contributed by atoms with E-state index in [1.165, 1.54) is 7.11 Å². The molecule has 0 aliphatic carbocycles. The van der Waals surface area contributed by atoms with Gasteiger partial charge in [0.25, 0.3) is 0 Å². The lowest BCUT2D eigenvalue weighted by molar-refractivity contribution is 0.312. The predicted octanol–water partition coefficient (Wildman–Crippen LogP) is 2.24. The Morgan fingerprint density at radius 3 is 2.54 bits per heavy atom. The molecular formula is C8H11O3PS. The Morgan fingerprint density at radius 2 is 2.00 bits per heavy atom. The normalized spacial score (nSPS) is 15.0. The first kappa shape index (κ1) is 10.7. The van der Waals surface area contributed by atoms with E-state index in [-0.39, 0.29) is 0 Å². The third-order valence-electron chi connectivity index (χ3n) is 1.54. The van der Waals surface area contributed by atoms with E-state index < -0.39 is 6.72 Å². The summed E-state index contributed by atoms with van der Waals surface area (Å²) in [5.41, 5.74) is 0.919. The molecule has 0 fully saturated rings. The number of para-hydroxylation sites is 1.